The molecule has 0 unspecified atom stereocenters. The molecule has 1 aromatic heterocycles. The van der Waals surface area contributed by atoms with E-state index >= 15 is 0 Å². The van der Waals surface area contributed by atoms with Crippen LogP contribution >= 0.6 is 35.3 Å². The summed E-state index contributed by atoms with van der Waals surface area (Å²) in [7, 11) is 3.98. The van der Waals surface area contributed by atoms with Gasteiger partial charge in [0.25, 0.3) is 0 Å². The van der Waals surface area contributed by atoms with E-state index in [1.807, 2.05) is 13.2 Å². The highest BCUT2D eigenvalue weighted by Gasteiger charge is 2.13. The van der Waals surface area contributed by atoms with Crippen LogP contribution in [0.3, 0.4) is 0 Å². The van der Waals surface area contributed by atoms with Gasteiger partial charge in [-0.2, -0.15) is 0 Å². The van der Waals surface area contributed by atoms with Crippen molar-refractivity contribution in [3.8, 4) is 0 Å². The maximum atomic E-state index is 4.39. The maximum absolute atomic E-state index is 4.39. The van der Waals surface area contributed by atoms with E-state index in [2.05, 4.69) is 57.7 Å². The van der Waals surface area contributed by atoms with Crippen molar-refractivity contribution >= 4 is 47.0 Å². The molecule has 0 aliphatic carbocycles. The molecule has 3 rings (SSSR count). The molecule has 0 saturated carbocycles. The fraction of sp³-hybridized carbons (Fsp3) is 0.474. The number of hydrogen-bond donors (Lipinski definition) is 2. The van der Waals surface area contributed by atoms with Crippen LogP contribution in [0.15, 0.2) is 29.4 Å². The number of guanidine groups is 1. The predicted octanol–water partition coefficient (Wildman–Crippen LogP) is 3.36. The molecular formula is C19H28IN5S. The number of nitrogens with one attached hydrogen (secondary N) is 2. The Morgan fingerprint density at radius 1 is 1.35 bits per heavy atom. The zero-order valence-electron chi connectivity index (χ0n) is 15.7. The molecule has 0 radical (unpaired) electrons. The summed E-state index contributed by atoms with van der Waals surface area (Å²) in [6, 6.07) is 6.77. The number of aryl methyl sites for hydroxylation is 2. The second kappa shape index (κ2) is 10.1. The highest BCUT2D eigenvalue weighted by molar-refractivity contribution is 14.0. The molecule has 0 spiro atoms. The molecule has 1 aliphatic rings. The zero-order valence-corrected chi connectivity index (χ0v) is 18.9. The number of benzene rings is 1. The summed E-state index contributed by atoms with van der Waals surface area (Å²) in [5.41, 5.74) is 4.12. The number of fused-ring (bicyclic) bond motifs is 1. The van der Waals surface area contributed by atoms with Crippen LogP contribution in [0.25, 0.3) is 0 Å². The molecule has 0 amide bonds. The lowest BCUT2D eigenvalue weighted by molar-refractivity contribution is 0.740. The Bertz CT molecular complexity index is 743. The van der Waals surface area contributed by atoms with Gasteiger partial charge in [0, 0.05) is 56.9 Å². The van der Waals surface area contributed by atoms with E-state index in [1.165, 1.54) is 39.5 Å². The Hall–Kier alpha value is -1.35. The van der Waals surface area contributed by atoms with Crippen LogP contribution in [0.2, 0.25) is 0 Å². The summed E-state index contributed by atoms with van der Waals surface area (Å²) in [5.74, 6) is 0.836. The quantitative estimate of drug-likeness (QED) is 0.388. The van der Waals surface area contributed by atoms with Crippen LogP contribution in [0, 0.1) is 6.92 Å². The monoisotopic (exact) mass is 485 g/mol. The first-order valence-corrected chi connectivity index (χ1v) is 9.66. The number of nitrogens with zero attached hydrogens (tertiary/aromatic N) is 3. The average Bonchev–Trinajstić information content (AvgIpc) is 3.03. The molecule has 1 aromatic carbocycles. The lowest BCUT2D eigenvalue weighted by Crippen LogP contribution is -2.37. The summed E-state index contributed by atoms with van der Waals surface area (Å²) < 4.78 is 0. The maximum Gasteiger partial charge on any atom is 0.191 e. The van der Waals surface area contributed by atoms with Crippen LogP contribution in [0.1, 0.15) is 27.4 Å². The van der Waals surface area contributed by atoms with E-state index in [1.54, 1.807) is 11.3 Å². The van der Waals surface area contributed by atoms with E-state index in [0.717, 1.165) is 32.0 Å². The van der Waals surface area contributed by atoms with Gasteiger partial charge in [0.05, 0.1) is 5.01 Å². The molecule has 2 N–H and O–H groups in total. The summed E-state index contributed by atoms with van der Waals surface area (Å²) in [6.07, 6.45) is 5.26. The van der Waals surface area contributed by atoms with E-state index in [4.69, 9.17) is 0 Å². The Kier molecular flexibility index (Phi) is 8.15. The van der Waals surface area contributed by atoms with Gasteiger partial charge in [0.1, 0.15) is 0 Å². The van der Waals surface area contributed by atoms with Gasteiger partial charge >= 0.3 is 0 Å². The minimum atomic E-state index is 0. The van der Waals surface area contributed by atoms with Crippen molar-refractivity contribution in [3.05, 3.63) is 45.4 Å². The van der Waals surface area contributed by atoms with Gasteiger partial charge in [-0.1, -0.05) is 12.1 Å². The summed E-state index contributed by atoms with van der Waals surface area (Å²) in [4.78, 5) is 12.3. The van der Waals surface area contributed by atoms with Gasteiger partial charge in [-0.05, 0) is 37.0 Å². The molecule has 2 aromatic rings. The third kappa shape index (κ3) is 5.57. The molecule has 26 heavy (non-hydrogen) atoms. The Morgan fingerprint density at radius 3 is 2.92 bits per heavy atom. The third-order valence-corrected chi connectivity index (χ3v) is 5.45. The van der Waals surface area contributed by atoms with Crippen molar-refractivity contribution in [2.45, 2.75) is 32.7 Å². The first kappa shape index (κ1) is 21.0. The van der Waals surface area contributed by atoms with Crippen molar-refractivity contribution in [1.29, 1.82) is 0 Å². The van der Waals surface area contributed by atoms with Crippen LogP contribution in [-0.2, 0) is 19.4 Å². The number of rotatable bonds is 5. The van der Waals surface area contributed by atoms with Gasteiger partial charge in [0.2, 0.25) is 0 Å². The molecule has 0 fully saturated rings. The highest BCUT2D eigenvalue weighted by atomic mass is 127. The average molecular weight is 485 g/mol. The molecule has 0 saturated heterocycles. The summed E-state index contributed by atoms with van der Waals surface area (Å²) >= 11 is 1.76. The van der Waals surface area contributed by atoms with Gasteiger partial charge in [-0.15, -0.1) is 35.3 Å². The molecule has 7 heteroatoms. The normalized spacial score (nSPS) is 13.8. The smallest absolute Gasteiger partial charge is 0.191 e. The minimum absolute atomic E-state index is 0. The zero-order chi connectivity index (χ0) is 17.6. The van der Waals surface area contributed by atoms with Crippen LogP contribution in [0.4, 0.5) is 5.69 Å². The molecule has 5 nitrogen and oxygen atoms in total. The van der Waals surface area contributed by atoms with E-state index in [0.29, 0.717) is 0 Å². The SMILES string of the molecule is CN=C(NCCc1ncc(C)s1)NCc1ccc2c(c1)CCCN2C.I. The number of thiazole rings is 1. The topological polar surface area (TPSA) is 52.6 Å². The number of aliphatic imine (C=N–C) groups is 1. The van der Waals surface area contributed by atoms with Crippen molar-refractivity contribution < 1.29 is 0 Å². The Balaban J connectivity index is 0.00000243. The van der Waals surface area contributed by atoms with Crippen molar-refractivity contribution in [3.63, 3.8) is 0 Å². The molecular weight excluding hydrogens is 457 g/mol. The molecule has 0 atom stereocenters. The lowest BCUT2D eigenvalue weighted by Gasteiger charge is -2.28. The highest BCUT2D eigenvalue weighted by Crippen LogP contribution is 2.26. The molecule has 2 heterocycles. The van der Waals surface area contributed by atoms with Crippen LogP contribution in [-0.4, -0.2) is 38.1 Å². The third-order valence-electron chi connectivity index (χ3n) is 4.48. The number of aromatic nitrogens is 1. The van der Waals surface area contributed by atoms with Crippen molar-refractivity contribution in [1.82, 2.24) is 15.6 Å². The van der Waals surface area contributed by atoms with Gasteiger partial charge in [0.15, 0.2) is 5.96 Å². The van der Waals surface area contributed by atoms with Gasteiger partial charge in [-0.25, -0.2) is 4.98 Å². The lowest BCUT2D eigenvalue weighted by atomic mass is 9.99. The van der Waals surface area contributed by atoms with Crippen molar-refractivity contribution in [2.24, 2.45) is 4.99 Å². The Labute approximate surface area is 177 Å². The molecule has 0 bridgehead atoms. The van der Waals surface area contributed by atoms with Crippen molar-refractivity contribution in [2.75, 3.05) is 32.1 Å². The van der Waals surface area contributed by atoms with E-state index in [-0.39, 0.29) is 24.0 Å². The largest absolute Gasteiger partial charge is 0.374 e. The van der Waals surface area contributed by atoms with Crippen LogP contribution in [0.5, 0.6) is 0 Å². The van der Waals surface area contributed by atoms with Crippen LogP contribution < -0.4 is 15.5 Å². The first-order valence-electron chi connectivity index (χ1n) is 8.84. The fourth-order valence-corrected chi connectivity index (χ4v) is 3.95. The number of halogens is 1. The number of anilines is 1. The summed E-state index contributed by atoms with van der Waals surface area (Å²) in [5, 5.41) is 7.93. The predicted molar refractivity (Wildman–Crippen MR) is 122 cm³/mol. The van der Waals surface area contributed by atoms with E-state index in [9.17, 15) is 0 Å². The standard InChI is InChI=1S/C19H27N5S.HI/c1-14-12-22-18(25-14)8-9-21-19(20-2)23-13-15-6-7-17-16(11-15)5-4-10-24(17)3;/h6-7,11-12H,4-5,8-10,13H2,1-3H3,(H2,20,21,23);1H. The minimum Gasteiger partial charge on any atom is -0.374 e. The van der Waals surface area contributed by atoms with E-state index < -0.39 is 0 Å². The summed E-state index contributed by atoms with van der Waals surface area (Å²) in [6.45, 7) is 4.86. The van der Waals surface area contributed by atoms with Gasteiger partial charge in [-0.3, -0.25) is 4.99 Å². The van der Waals surface area contributed by atoms with Gasteiger partial charge < -0.3 is 15.5 Å². The Morgan fingerprint density at radius 2 is 2.19 bits per heavy atom. The molecule has 142 valence electrons. The first-order chi connectivity index (χ1) is 12.2. The second-order valence-electron chi connectivity index (χ2n) is 6.46. The fourth-order valence-electron chi connectivity index (χ4n) is 3.16. The number of hydrogen-bond acceptors (Lipinski definition) is 4. The molecule has 1 aliphatic heterocycles. The second-order valence-corrected chi connectivity index (χ2v) is 7.77.